The molecule has 0 spiro atoms. The largest absolute Gasteiger partial charge is 0.481 e. The molecule has 47 heavy (non-hydrogen) atoms. The highest BCUT2D eigenvalue weighted by atomic mass is 19.1. The second kappa shape index (κ2) is 14.6. The number of anilines is 2. The van der Waals surface area contributed by atoms with Gasteiger partial charge in [0.05, 0.1) is 37.1 Å². The van der Waals surface area contributed by atoms with Gasteiger partial charge < -0.3 is 35.2 Å². The van der Waals surface area contributed by atoms with Gasteiger partial charge in [-0.05, 0) is 68.8 Å². The molecule has 11 nitrogen and oxygen atoms in total. The summed E-state index contributed by atoms with van der Waals surface area (Å²) in [5, 5.41) is 15.2. The average molecular weight is 646 g/mol. The van der Waals surface area contributed by atoms with Crippen LogP contribution < -0.4 is 15.5 Å². The summed E-state index contributed by atoms with van der Waals surface area (Å²) >= 11 is 0. The molecule has 12 heteroatoms. The zero-order valence-corrected chi connectivity index (χ0v) is 26.7. The minimum Gasteiger partial charge on any atom is -0.481 e. The number of amides is 4. The van der Waals surface area contributed by atoms with Crippen molar-refractivity contribution in [2.75, 3.05) is 49.6 Å². The Hall–Kier alpha value is -4.97. The number of halogens is 1. The second-order valence-electron chi connectivity index (χ2n) is 12.1. The van der Waals surface area contributed by atoms with Crippen molar-refractivity contribution in [1.29, 1.82) is 0 Å². The summed E-state index contributed by atoms with van der Waals surface area (Å²) in [7, 11) is 0. The third-order valence-electron chi connectivity index (χ3n) is 8.57. The number of piperazine rings is 1. The van der Waals surface area contributed by atoms with Crippen LogP contribution in [0.15, 0.2) is 66.7 Å². The maximum atomic E-state index is 13.6. The van der Waals surface area contributed by atoms with Crippen molar-refractivity contribution in [3.8, 4) is 0 Å². The van der Waals surface area contributed by atoms with Crippen LogP contribution in [0.1, 0.15) is 58.2 Å². The number of hydrogen-bond donors (Lipinski definition) is 3. The van der Waals surface area contributed by atoms with Gasteiger partial charge in [0.15, 0.2) is 0 Å². The van der Waals surface area contributed by atoms with Crippen LogP contribution in [-0.4, -0.2) is 90.2 Å². The Morgan fingerprint density at radius 1 is 0.915 bits per heavy atom. The number of urea groups is 1. The van der Waals surface area contributed by atoms with Crippen LogP contribution in [0, 0.1) is 12.7 Å². The van der Waals surface area contributed by atoms with E-state index in [1.807, 2.05) is 36.6 Å². The third kappa shape index (κ3) is 8.07. The molecule has 3 aromatic carbocycles. The molecule has 0 saturated carbocycles. The summed E-state index contributed by atoms with van der Waals surface area (Å²) in [6, 6.07) is 16.2. The Balaban J connectivity index is 1.43. The predicted octanol–water partition coefficient (Wildman–Crippen LogP) is 4.68. The van der Waals surface area contributed by atoms with Crippen molar-refractivity contribution in [1.82, 2.24) is 15.1 Å². The lowest BCUT2D eigenvalue weighted by Gasteiger charge is -2.47. The van der Waals surface area contributed by atoms with Crippen LogP contribution in [0.5, 0.6) is 0 Å². The Bertz CT molecular complexity index is 1630. The molecule has 3 N–H and O–H groups in total. The second-order valence-corrected chi connectivity index (χ2v) is 12.1. The molecule has 248 valence electrons. The van der Waals surface area contributed by atoms with Crippen LogP contribution in [-0.2, 0) is 9.53 Å². The average Bonchev–Trinajstić information content (AvgIpc) is 3.05. The van der Waals surface area contributed by atoms with Crippen molar-refractivity contribution in [3.05, 3.63) is 94.8 Å². The fraction of sp³-hybridized carbons (Fsp3) is 0.371. The van der Waals surface area contributed by atoms with Gasteiger partial charge in [-0.3, -0.25) is 14.4 Å². The number of ether oxygens (including phenoxy) is 1. The number of rotatable bonds is 8. The van der Waals surface area contributed by atoms with E-state index in [-0.39, 0.29) is 29.6 Å². The molecule has 0 aliphatic carbocycles. The number of hydrogen-bond acceptors (Lipinski definition) is 6. The van der Waals surface area contributed by atoms with E-state index in [2.05, 4.69) is 15.5 Å². The highest BCUT2D eigenvalue weighted by Gasteiger charge is 2.36. The standard InChI is InChI=1S/C35H40FN5O6/c1-22-5-4-6-26(17-22)33(44)38-30-18-27(34(45)37-29(19-32(42)43)25-7-10-28(36)11-8-25)9-12-31(30)40-20-24(3)41(21-23(40)2)35(46)39-13-15-47-16-14-39/h4-12,17-18,23-24,29H,13-16,19-21H2,1-3H3,(H,37,45)(H,38,44)(H,42,43). The summed E-state index contributed by atoms with van der Waals surface area (Å²) in [4.78, 5) is 57.8. The molecule has 2 saturated heterocycles. The van der Waals surface area contributed by atoms with Crippen LogP contribution >= 0.6 is 0 Å². The number of nitrogens with zero attached hydrogens (tertiary/aromatic N) is 3. The maximum Gasteiger partial charge on any atom is 0.320 e. The molecular weight excluding hydrogens is 605 g/mol. The van der Waals surface area contributed by atoms with E-state index in [4.69, 9.17) is 4.74 Å². The molecule has 2 fully saturated rings. The number of aryl methyl sites for hydroxylation is 1. The fourth-order valence-electron chi connectivity index (χ4n) is 6.04. The molecule has 2 aliphatic heterocycles. The monoisotopic (exact) mass is 645 g/mol. The van der Waals surface area contributed by atoms with Crippen molar-refractivity contribution >= 4 is 35.2 Å². The molecule has 4 amide bonds. The van der Waals surface area contributed by atoms with Crippen LogP contribution in [0.25, 0.3) is 0 Å². The number of nitrogens with one attached hydrogen (secondary N) is 2. The summed E-state index contributed by atoms with van der Waals surface area (Å²) in [6.07, 6.45) is -0.407. The molecule has 2 heterocycles. The number of carbonyl (C=O) groups excluding carboxylic acids is 3. The van der Waals surface area contributed by atoms with Gasteiger partial charge in [-0.25, -0.2) is 9.18 Å². The Morgan fingerprint density at radius 2 is 1.62 bits per heavy atom. The zero-order valence-electron chi connectivity index (χ0n) is 26.7. The molecule has 3 aromatic rings. The number of morpholine rings is 1. The van der Waals surface area contributed by atoms with Crippen LogP contribution in [0.2, 0.25) is 0 Å². The quantitative estimate of drug-likeness (QED) is 0.324. The number of benzene rings is 3. The molecule has 0 radical (unpaired) electrons. The Morgan fingerprint density at radius 3 is 2.30 bits per heavy atom. The minimum atomic E-state index is -1.13. The zero-order chi connectivity index (χ0) is 33.7. The molecule has 2 aliphatic rings. The van der Waals surface area contributed by atoms with Gasteiger partial charge in [-0.1, -0.05) is 29.8 Å². The smallest absolute Gasteiger partial charge is 0.320 e. The van der Waals surface area contributed by atoms with Gasteiger partial charge in [-0.15, -0.1) is 0 Å². The van der Waals surface area contributed by atoms with Crippen LogP contribution in [0.4, 0.5) is 20.6 Å². The van der Waals surface area contributed by atoms with Crippen molar-refractivity contribution in [2.45, 2.75) is 45.3 Å². The Kier molecular flexibility index (Phi) is 10.4. The first-order valence-electron chi connectivity index (χ1n) is 15.7. The van der Waals surface area contributed by atoms with Gasteiger partial charge in [0.1, 0.15) is 5.82 Å². The summed E-state index contributed by atoms with van der Waals surface area (Å²) in [5.41, 5.74) is 3.09. The number of carbonyl (C=O) groups is 4. The first-order valence-corrected chi connectivity index (χ1v) is 15.7. The lowest BCUT2D eigenvalue weighted by atomic mass is 10.0. The van der Waals surface area contributed by atoms with Gasteiger partial charge in [0, 0.05) is 49.4 Å². The first kappa shape index (κ1) is 33.4. The summed E-state index contributed by atoms with van der Waals surface area (Å²) in [6.45, 7) is 8.96. The highest BCUT2D eigenvalue weighted by Crippen LogP contribution is 2.33. The molecule has 0 aromatic heterocycles. The molecule has 5 rings (SSSR count). The van der Waals surface area contributed by atoms with E-state index in [9.17, 15) is 28.7 Å². The molecular formula is C35H40FN5O6. The number of aliphatic carboxylic acids is 1. The number of carboxylic acid groups (broad SMARTS) is 1. The normalized spacial score (nSPS) is 18.8. The number of carboxylic acids is 1. The van der Waals surface area contributed by atoms with Crippen molar-refractivity contribution in [2.24, 2.45) is 0 Å². The third-order valence-corrected chi connectivity index (χ3v) is 8.57. The summed E-state index contributed by atoms with van der Waals surface area (Å²) < 4.78 is 19.0. The molecule has 3 unspecified atom stereocenters. The molecule has 0 bridgehead atoms. The van der Waals surface area contributed by atoms with Gasteiger partial charge in [0.25, 0.3) is 11.8 Å². The first-order chi connectivity index (χ1) is 22.5. The lowest BCUT2D eigenvalue weighted by Crippen LogP contribution is -2.61. The maximum absolute atomic E-state index is 13.6. The fourth-order valence-corrected chi connectivity index (χ4v) is 6.04. The van der Waals surface area contributed by atoms with Gasteiger partial charge in [0.2, 0.25) is 0 Å². The van der Waals surface area contributed by atoms with E-state index in [1.54, 1.807) is 36.4 Å². The lowest BCUT2D eigenvalue weighted by molar-refractivity contribution is -0.137. The van der Waals surface area contributed by atoms with Gasteiger partial charge >= 0.3 is 12.0 Å². The minimum absolute atomic E-state index is 0.0237. The van der Waals surface area contributed by atoms with Crippen molar-refractivity contribution < 1.29 is 33.4 Å². The predicted molar refractivity (Wildman–Crippen MR) is 175 cm³/mol. The van der Waals surface area contributed by atoms with E-state index < -0.39 is 30.2 Å². The van der Waals surface area contributed by atoms with E-state index in [0.717, 1.165) is 5.56 Å². The topological polar surface area (TPSA) is 132 Å². The van der Waals surface area contributed by atoms with Crippen LogP contribution in [0.3, 0.4) is 0 Å². The Labute approximate surface area is 273 Å². The van der Waals surface area contributed by atoms with Crippen molar-refractivity contribution in [3.63, 3.8) is 0 Å². The van der Waals surface area contributed by atoms with Gasteiger partial charge in [-0.2, -0.15) is 0 Å². The SMILES string of the molecule is Cc1cccc(C(=O)Nc2cc(C(=O)NC(CC(=O)O)c3ccc(F)cc3)ccc2N2CC(C)N(C(=O)N3CCOCC3)CC2C)c1. The van der Waals surface area contributed by atoms with E-state index in [1.165, 1.54) is 24.3 Å². The highest BCUT2D eigenvalue weighted by molar-refractivity contribution is 6.07. The molecule has 3 atom stereocenters. The van der Waals surface area contributed by atoms with E-state index >= 15 is 0 Å². The van der Waals surface area contributed by atoms with E-state index in [0.29, 0.717) is 61.9 Å². The summed E-state index contributed by atoms with van der Waals surface area (Å²) in [5.74, 6) is -2.52.